The summed E-state index contributed by atoms with van der Waals surface area (Å²) < 4.78 is 5.54. The molecule has 2 unspecified atom stereocenters. The predicted octanol–water partition coefficient (Wildman–Crippen LogP) is 4.01. The van der Waals surface area contributed by atoms with Crippen LogP contribution >= 0.6 is 0 Å². The third-order valence-electron chi connectivity index (χ3n) is 6.15. The molecule has 1 saturated heterocycles. The number of hydrogen-bond acceptors (Lipinski definition) is 3. The molecule has 3 atom stereocenters. The number of rotatable bonds is 5. The molecule has 1 heterocycles. The molecule has 0 saturated carbocycles. The van der Waals surface area contributed by atoms with E-state index in [0.29, 0.717) is 12.0 Å². The van der Waals surface area contributed by atoms with Crippen molar-refractivity contribution in [2.45, 2.75) is 37.9 Å². The first-order valence-electron chi connectivity index (χ1n) is 9.57. The highest BCUT2D eigenvalue weighted by atomic mass is 16.5. The molecule has 1 aliphatic heterocycles. The molecule has 2 bridgehead atoms. The standard InChI is InChI=1S/C23H28N2O/c1-17-12-14-23(19-9-4-3-5-10-19)22(20(17)13-15-25-23)24-16-18-8-6-7-11-21(18)26-2/h3-12,20,22,24-25H,13-16H2,1-2H3/t20?,22-,23?/m0/s1. The van der Waals surface area contributed by atoms with Crippen LogP contribution in [0.15, 0.2) is 66.2 Å². The van der Waals surface area contributed by atoms with E-state index in [1.807, 2.05) is 12.1 Å². The van der Waals surface area contributed by atoms with Crippen molar-refractivity contribution in [2.24, 2.45) is 5.92 Å². The van der Waals surface area contributed by atoms with Gasteiger partial charge in [0.25, 0.3) is 0 Å². The Kier molecular flexibility index (Phi) is 4.84. The minimum Gasteiger partial charge on any atom is -0.496 e. The highest BCUT2D eigenvalue weighted by molar-refractivity contribution is 5.36. The molecular formula is C23H28N2O. The van der Waals surface area contributed by atoms with E-state index >= 15 is 0 Å². The quantitative estimate of drug-likeness (QED) is 0.801. The maximum atomic E-state index is 5.54. The summed E-state index contributed by atoms with van der Waals surface area (Å²) in [5.74, 6) is 1.52. The SMILES string of the molecule is COc1ccccc1CN[C@H]1C2CCNC1(c1ccccc1)CC=C2C. The zero-order chi connectivity index (χ0) is 18.0. The molecule has 0 spiro atoms. The van der Waals surface area contributed by atoms with Crippen molar-refractivity contribution in [3.05, 3.63) is 77.4 Å². The third kappa shape index (κ3) is 2.95. The smallest absolute Gasteiger partial charge is 0.123 e. The van der Waals surface area contributed by atoms with Gasteiger partial charge in [-0.3, -0.25) is 0 Å². The molecule has 2 N–H and O–H groups in total. The monoisotopic (exact) mass is 348 g/mol. The second-order valence-corrected chi connectivity index (χ2v) is 7.48. The average Bonchev–Trinajstić information content (AvgIpc) is 2.70. The van der Waals surface area contributed by atoms with Crippen molar-refractivity contribution in [3.8, 4) is 5.75 Å². The van der Waals surface area contributed by atoms with Crippen LogP contribution in [0.3, 0.4) is 0 Å². The van der Waals surface area contributed by atoms with E-state index in [4.69, 9.17) is 4.74 Å². The average molecular weight is 348 g/mol. The Morgan fingerprint density at radius 1 is 1.12 bits per heavy atom. The van der Waals surface area contributed by atoms with Crippen LogP contribution < -0.4 is 15.4 Å². The molecule has 3 nitrogen and oxygen atoms in total. The van der Waals surface area contributed by atoms with Crippen molar-refractivity contribution in [1.29, 1.82) is 0 Å². The number of nitrogens with one attached hydrogen (secondary N) is 2. The lowest BCUT2D eigenvalue weighted by molar-refractivity contribution is 0.128. The van der Waals surface area contributed by atoms with Crippen LogP contribution in [0.1, 0.15) is 30.9 Å². The molecule has 1 fully saturated rings. The Hall–Kier alpha value is -2.10. The lowest BCUT2D eigenvalue weighted by Gasteiger charge is -2.52. The summed E-state index contributed by atoms with van der Waals surface area (Å²) in [4.78, 5) is 0. The first-order valence-corrected chi connectivity index (χ1v) is 9.57. The number of ether oxygens (including phenoxy) is 1. The predicted molar refractivity (Wildman–Crippen MR) is 106 cm³/mol. The second-order valence-electron chi connectivity index (χ2n) is 7.48. The number of benzene rings is 2. The highest BCUT2D eigenvalue weighted by Gasteiger charge is 2.48. The molecular weight excluding hydrogens is 320 g/mol. The van der Waals surface area contributed by atoms with E-state index in [1.165, 1.54) is 23.1 Å². The normalized spacial score (nSPS) is 27.7. The molecule has 2 aromatic rings. The van der Waals surface area contributed by atoms with Gasteiger partial charge in [-0.05, 0) is 43.9 Å². The first kappa shape index (κ1) is 17.3. The van der Waals surface area contributed by atoms with Crippen LogP contribution in [0.5, 0.6) is 5.75 Å². The van der Waals surface area contributed by atoms with Gasteiger partial charge in [0.2, 0.25) is 0 Å². The lowest BCUT2D eigenvalue weighted by atomic mass is 9.65. The van der Waals surface area contributed by atoms with Gasteiger partial charge in [-0.2, -0.15) is 0 Å². The van der Waals surface area contributed by atoms with Crippen LogP contribution in [-0.4, -0.2) is 19.7 Å². The molecule has 136 valence electrons. The fraction of sp³-hybridized carbons (Fsp3) is 0.391. The van der Waals surface area contributed by atoms with Gasteiger partial charge < -0.3 is 15.4 Å². The van der Waals surface area contributed by atoms with E-state index in [9.17, 15) is 0 Å². The van der Waals surface area contributed by atoms with Gasteiger partial charge in [-0.15, -0.1) is 0 Å². The Balaban J connectivity index is 1.66. The zero-order valence-corrected chi connectivity index (χ0v) is 15.7. The van der Waals surface area contributed by atoms with Crippen LogP contribution in [0, 0.1) is 5.92 Å². The molecule has 4 rings (SSSR count). The molecule has 2 aromatic carbocycles. The summed E-state index contributed by atoms with van der Waals surface area (Å²) in [6.07, 6.45) is 4.65. The van der Waals surface area contributed by atoms with Crippen molar-refractivity contribution < 1.29 is 4.74 Å². The van der Waals surface area contributed by atoms with E-state index < -0.39 is 0 Å². The lowest BCUT2D eigenvalue weighted by Crippen LogP contribution is -2.65. The van der Waals surface area contributed by atoms with Gasteiger partial charge in [-0.25, -0.2) is 0 Å². The van der Waals surface area contributed by atoms with Gasteiger partial charge in [0.15, 0.2) is 0 Å². The summed E-state index contributed by atoms with van der Waals surface area (Å²) in [6, 6.07) is 19.6. The number of piperidine rings is 1. The molecule has 0 radical (unpaired) electrons. The van der Waals surface area contributed by atoms with Crippen molar-refractivity contribution in [2.75, 3.05) is 13.7 Å². The van der Waals surface area contributed by atoms with E-state index in [0.717, 1.165) is 25.3 Å². The Labute approximate surface area is 156 Å². The summed E-state index contributed by atoms with van der Waals surface area (Å²) in [5.41, 5.74) is 4.08. The van der Waals surface area contributed by atoms with Crippen molar-refractivity contribution in [1.82, 2.24) is 10.6 Å². The molecule has 0 amide bonds. The minimum absolute atomic E-state index is 0.0360. The molecule has 26 heavy (non-hydrogen) atoms. The molecule has 1 aliphatic carbocycles. The molecule has 2 aliphatic rings. The van der Waals surface area contributed by atoms with Crippen molar-refractivity contribution in [3.63, 3.8) is 0 Å². The van der Waals surface area contributed by atoms with Gasteiger partial charge in [-0.1, -0.05) is 60.2 Å². The highest BCUT2D eigenvalue weighted by Crippen LogP contribution is 2.44. The summed E-state index contributed by atoms with van der Waals surface area (Å²) in [5, 5.41) is 7.78. The maximum absolute atomic E-state index is 5.54. The van der Waals surface area contributed by atoms with Gasteiger partial charge in [0.1, 0.15) is 5.75 Å². The maximum Gasteiger partial charge on any atom is 0.123 e. The summed E-state index contributed by atoms with van der Waals surface area (Å²) in [6.45, 7) is 4.18. The largest absolute Gasteiger partial charge is 0.496 e. The Bertz CT molecular complexity index is 786. The fourth-order valence-electron chi connectivity index (χ4n) is 4.75. The van der Waals surface area contributed by atoms with Crippen LogP contribution in [0.2, 0.25) is 0 Å². The Morgan fingerprint density at radius 2 is 1.88 bits per heavy atom. The van der Waals surface area contributed by atoms with E-state index in [-0.39, 0.29) is 5.54 Å². The number of fused-ring (bicyclic) bond motifs is 2. The Morgan fingerprint density at radius 3 is 2.69 bits per heavy atom. The number of hydrogen-bond donors (Lipinski definition) is 2. The number of para-hydroxylation sites is 1. The van der Waals surface area contributed by atoms with E-state index in [2.05, 4.69) is 66.1 Å². The van der Waals surface area contributed by atoms with Crippen molar-refractivity contribution >= 4 is 0 Å². The second kappa shape index (κ2) is 7.26. The first-order chi connectivity index (χ1) is 12.7. The summed E-state index contributed by atoms with van der Waals surface area (Å²) >= 11 is 0. The third-order valence-corrected chi connectivity index (χ3v) is 6.15. The van der Waals surface area contributed by atoms with Gasteiger partial charge in [0, 0.05) is 18.2 Å². The van der Waals surface area contributed by atoms with Crippen LogP contribution in [0.4, 0.5) is 0 Å². The minimum atomic E-state index is -0.0360. The molecule has 3 heteroatoms. The fourth-order valence-corrected chi connectivity index (χ4v) is 4.75. The van der Waals surface area contributed by atoms with Crippen LogP contribution in [-0.2, 0) is 12.1 Å². The zero-order valence-electron chi connectivity index (χ0n) is 15.7. The van der Waals surface area contributed by atoms with E-state index in [1.54, 1.807) is 7.11 Å². The topological polar surface area (TPSA) is 33.3 Å². The molecule has 0 aromatic heterocycles. The van der Waals surface area contributed by atoms with Gasteiger partial charge >= 0.3 is 0 Å². The number of methoxy groups -OCH3 is 1. The summed E-state index contributed by atoms with van der Waals surface area (Å²) in [7, 11) is 1.74. The van der Waals surface area contributed by atoms with Gasteiger partial charge in [0.05, 0.1) is 12.6 Å². The van der Waals surface area contributed by atoms with Crippen LogP contribution in [0.25, 0.3) is 0 Å².